The predicted molar refractivity (Wildman–Crippen MR) is 82.8 cm³/mol. The summed E-state index contributed by atoms with van der Waals surface area (Å²) in [7, 11) is 0. The van der Waals surface area contributed by atoms with Gasteiger partial charge in [-0.2, -0.15) is 5.10 Å². The molecule has 0 radical (unpaired) electrons. The van der Waals surface area contributed by atoms with E-state index in [0.717, 1.165) is 11.4 Å². The third-order valence-electron chi connectivity index (χ3n) is 4.21. The van der Waals surface area contributed by atoms with E-state index in [4.69, 9.17) is 0 Å². The molecule has 0 bridgehead atoms. The van der Waals surface area contributed by atoms with Crippen molar-refractivity contribution < 1.29 is 9.59 Å². The van der Waals surface area contributed by atoms with Gasteiger partial charge in [0.2, 0.25) is 11.8 Å². The zero-order chi connectivity index (χ0) is 15.8. The summed E-state index contributed by atoms with van der Waals surface area (Å²) >= 11 is 0. The Morgan fingerprint density at radius 3 is 3.09 bits per heavy atom. The molecule has 118 valence electrons. The topological polar surface area (TPSA) is 92.1 Å². The summed E-state index contributed by atoms with van der Waals surface area (Å²) in [6.45, 7) is 0.752. The second-order valence-corrected chi connectivity index (χ2v) is 5.77. The maximum Gasteiger partial charge on any atom is 0.247 e. The molecular weight excluding hydrogens is 296 g/mol. The number of rotatable bonds is 3. The van der Waals surface area contributed by atoms with Gasteiger partial charge in [-0.3, -0.25) is 9.59 Å². The van der Waals surface area contributed by atoms with Gasteiger partial charge in [-0.05, 0) is 18.6 Å². The van der Waals surface area contributed by atoms with Gasteiger partial charge in [-0.15, -0.1) is 0 Å². The highest BCUT2D eigenvalue weighted by molar-refractivity contribution is 6.04. The molecule has 2 unspecified atom stereocenters. The highest BCUT2D eigenvalue weighted by Crippen LogP contribution is 2.36. The molecule has 0 aliphatic carbocycles. The van der Waals surface area contributed by atoms with Crippen LogP contribution in [0.25, 0.3) is 0 Å². The van der Waals surface area contributed by atoms with Crippen LogP contribution in [0.15, 0.2) is 36.9 Å². The van der Waals surface area contributed by atoms with Crippen molar-refractivity contribution in [3.63, 3.8) is 0 Å². The normalized spacial score (nSPS) is 22.3. The Balaban J connectivity index is 1.46. The van der Waals surface area contributed by atoms with Crippen LogP contribution in [-0.4, -0.2) is 45.2 Å². The van der Waals surface area contributed by atoms with Crippen LogP contribution in [0.4, 0.5) is 11.4 Å². The van der Waals surface area contributed by atoms with Crippen LogP contribution in [0.1, 0.15) is 6.42 Å². The van der Waals surface area contributed by atoms with E-state index in [1.807, 2.05) is 24.3 Å². The first-order valence-corrected chi connectivity index (χ1v) is 7.49. The first kappa shape index (κ1) is 13.7. The first-order valence-electron chi connectivity index (χ1n) is 7.49. The van der Waals surface area contributed by atoms with E-state index in [1.165, 1.54) is 17.3 Å². The molecule has 2 aliphatic rings. The van der Waals surface area contributed by atoms with Crippen LogP contribution in [0.3, 0.4) is 0 Å². The van der Waals surface area contributed by atoms with E-state index >= 15 is 0 Å². The van der Waals surface area contributed by atoms with Crippen LogP contribution in [0, 0.1) is 0 Å². The molecule has 2 atom stereocenters. The zero-order valence-electron chi connectivity index (χ0n) is 12.3. The number of aromatic nitrogens is 3. The summed E-state index contributed by atoms with van der Waals surface area (Å²) < 4.78 is 1.47. The Labute approximate surface area is 132 Å². The van der Waals surface area contributed by atoms with Crippen LogP contribution < -0.4 is 15.5 Å². The SMILES string of the molecule is O=C(Cn1cncn1)NC1CC2C(=O)Nc3ccccc3N2C1. The van der Waals surface area contributed by atoms with Crippen molar-refractivity contribution in [3.05, 3.63) is 36.9 Å². The number of hydrogen-bond donors (Lipinski definition) is 2. The summed E-state index contributed by atoms with van der Waals surface area (Å²) in [6, 6.07) is 7.42. The lowest BCUT2D eigenvalue weighted by Gasteiger charge is -2.32. The smallest absolute Gasteiger partial charge is 0.247 e. The van der Waals surface area contributed by atoms with Gasteiger partial charge in [-0.1, -0.05) is 12.1 Å². The molecule has 1 saturated heterocycles. The van der Waals surface area contributed by atoms with Crippen molar-refractivity contribution in [1.82, 2.24) is 20.1 Å². The lowest BCUT2D eigenvalue weighted by Crippen LogP contribution is -2.44. The summed E-state index contributed by atoms with van der Waals surface area (Å²) in [6.07, 6.45) is 3.49. The largest absolute Gasteiger partial charge is 0.356 e. The molecule has 2 amide bonds. The summed E-state index contributed by atoms with van der Waals surface area (Å²) in [5, 5.41) is 9.82. The average Bonchev–Trinajstić information content (AvgIpc) is 3.17. The molecule has 1 fully saturated rings. The quantitative estimate of drug-likeness (QED) is 0.832. The molecule has 1 aromatic carbocycles. The molecule has 8 heteroatoms. The number of hydrogen-bond acceptors (Lipinski definition) is 5. The number of amides is 2. The van der Waals surface area contributed by atoms with E-state index in [9.17, 15) is 9.59 Å². The van der Waals surface area contributed by atoms with E-state index in [-0.39, 0.29) is 30.4 Å². The van der Waals surface area contributed by atoms with Crippen molar-refractivity contribution >= 4 is 23.2 Å². The fourth-order valence-electron chi connectivity index (χ4n) is 3.24. The Kier molecular flexibility index (Phi) is 3.22. The maximum atomic E-state index is 12.2. The number of anilines is 2. The monoisotopic (exact) mass is 312 g/mol. The number of carbonyl (C=O) groups excluding carboxylic acids is 2. The highest BCUT2D eigenvalue weighted by atomic mass is 16.2. The molecule has 0 saturated carbocycles. The molecule has 3 heterocycles. The molecule has 1 aromatic heterocycles. The fraction of sp³-hybridized carbons (Fsp3) is 0.333. The van der Waals surface area contributed by atoms with Crippen molar-refractivity contribution in [1.29, 1.82) is 0 Å². The minimum Gasteiger partial charge on any atom is -0.356 e. The first-order chi connectivity index (χ1) is 11.2. The van der Waals surface area contributed by atoms with Crippen molar-refractivity contribution in [2.24, 2.45) is 0 Å². The predicted octanol–water partition coefficient (Wildman–Crippen LogP) is -0.00610. The van der Waals surface area contributed by atoms with Gasteiger partial charge in [0.25, 0.3) is 0 Å². The van der Waals surface area contributed by atoms with Crippen molar-refractivity contribution in [2.75, 3.05) is 16.8 Å². The minimum atomic E-state index is -0.235. The fourth-order valence-corrected chi connectivity index (χ4v) is 3.24. The van der Waals surface area contributed by atoms with Gasteiger partial charge in [0.1, 0.15) is 25.2 Å². The number of para-hydroxylation sites is 2. The molecule has 2 aliphatic heterocycles. The third kappa shape index (κ3) is 2.52. The maximum absolute atomic E-state index is 12.2. The summed E-state index contributed by atoms with van der Waals surface area (Å²) in [5.74, 6) is -0.147. The standard InChI is InChI=1S/C15H16N6O2/c22-14(7-20-9-16-8-17-20)18-10-5-13-15(23)19-11-3-1-2-4-12(11)21(13)6-10/h1-4,8-10,13H,5-7H2,(H,18,22)(H,19,23). The molecule has 8 nitrogen and oxygen atoms in total. The number of nitrogens with one attached hydrogen (secondary N) is 2. The third-order valence-corrected chi connectivity index (χ3v) is 4.21. The Morgan fingerprint density at radius 1 is 1.39 bits per heavy atom. The van der Waals surface area contributed by atoms with Gasteiger partial charge in [0.15, 0.2) is 0 Å². The Morgan fingerprint density at radius 2 is 2.26 bits per heavy atom. The summed E-state index contributed by atoms with van der Waals surface area (Å²) in [4.78, 5) is 30.2. The second kappa shape index (κ2) is 5.38. The lowest BCUT2D eigenvalue weighted by atomic mass is 10.1. The molecule has 4 rings (SSSR count). The van der Waals surface area contributed by atoms with Crippen molar-refractivity contribution in [2.45, 2.75) is 25.0 Å². The van der Waals surface area contributed by atoms with Gasteiger partial charge in [0.05, 0.1) is 11.4 Å². The summed E-state index contributed by atoms with van der Waals surface area (Å²) in [5.41, 5.74) is 1.83. The highest BCUT2D eigenvalue weighted by Gasteiger charge is 2.41. The average molecular weight is 312 g/mol. The number of benzene rings is 1. The number of fused-ring (bicyclic) bond motifs is 3. The zero-order valence-corrected chi connectivity index (χ0v) is 12.3. The van der Waals surface area contributed by atoms with Crippen LogP contribution in [-0.2, 0) is 16.1 Å². The number of carbonyl (C=O) groups is 2. The minimum absolute atomic E-state index is 0.0169. The molecular formula is C15H16N6O2. The van der Waals surface area contributed by atoms with Crippen LogP contribution >= 0.6 is 0 Å². The molecule has 23 heavy (non-hydrogen) atoms. The van der Waals surface area contributed by atoms with E-state index in [1.54, 1.807) is 0 Å². The van der Waals surface area contributed by atoms with Gasteiger partial charge in [0, 0.05) is 12.6 Å². The molecule has 2 aromatic rings. The van der Waals surface area contributed by atoms with Gasteiger partial charge < -0.3 is 15.5 Å². The second-order valence-electron chi connectivity index (χ2n) is 5.77. The van der Waals surface area contributed by atoms with E-state index in [2.05, 4.69) is 25.6 Å². The molecule has 2 N–H and O–H groups in total. The van der Waals surface area contributed by atoms with Gasteiger partial charge in [-0.25, -0.2) is 9.67 Å². The van der Waals surface area contributed by atoms with Gasteiger partial charge >= 0.3 is 0 Å². The van der Waals surface area contributed by atoms with E-state index < -0.39 is 0 Å². The molecule has 0 spiro atoms. The van der Waals surface area contributed by atoms with Crippen molar-refractivity contribution in [3.8, 4) is 0 Å². The van der Waals surface area contributed by atoms with E-state index in [0.29, 0.717) is 13.0 Å². The van der Waals surface area contributed by atoms with Crippen LogP contribution in [0.5, 0.6) is 0 Å². The Bertz CT molecular complexity index is 744. The Hall–Kier alpha value is -2.90. The van der Waals surface area contributed by atoms with Crippen LogP contribution in [0.2, 0.25) is 0 Å². The number of nitrogens with zero attached hydrogens (tertiary/aromatic N) is 4. The lowest BCUT2D eigenvalue weighted by molar-refractivity contribution is -0.122.